The van der Waals surface area contributed by atoms with E-state index in [-0.39, 0.29) is 24.9 Å². The quantitative estimate of drug-likeness (QED) is 0.891. The zero-order valence-electron chi connectivity index (χ0n) is 11.2. The van der Waals surface area contributed by atoms with Crippen molar-refractivity contribution in [3.63, 3.8) is 0 Å². The lowest BCUT2D eigenvalue weighted by Gasteiger charge is -2.21. The first kappa shape index (κ1) is 13.9. The molecule has 0 unspecified atom stereocenters. The van der Waals surface area contributed by atoms with Crippen LogP contribution >= 0.6 is 11.8 Å². The number of amides is 2. The minimum absolute atomic E-state index is 0.00646. The lowest BCUT2D eigenvalue weighted by Crippen LogP contribution is -2.41. The third-order valence-corrected chi connectivity index (χ3v) is 4.66. The van der Waals surface area contributed by atoms with Gasteiger partial charge in [0.1, 0.15) is 12.5 Å². The smallest absolute Gasteiger partial charge is 0.312 e. The normalized spacial score (nSPS) is 20.8. The molecule has 1 fully saturated rings. The van der Waals surface area contributed by atoms with Crippen LogP contribution in [0.4, 0.5) is 5.69 Å². The third kappa shape index (κ3) is 2.49. The SMILES string of the molecule is O=C(O)[C@@H]1CN(C(=O)CN2CSCC2=O)c2ccccc21. The zero-order valence-corrected chi connectivity index (χ0v) is 12.0. The number of carboxylic acids is 1. The number of hydrogen-bond donors (Lipinski definition) is 1. The van der Waals surface area contributed by atoms with Crippen molar-refractivity contribution in [2.24, 2.45) is 0 Å². The van der Waals surface area contributed by atoms with Crippen molar-refractivity contribution in [3.05, 3.63) is 29.8 Å². The van der Waals surface area contributed by atoms with E-state index < -0.39 is 11.9 Å². The molecule has 0 radical (unpaired) electrons. The lowest BCUT2D eigenvalue weighted by molar-refractivity contribution is -0.138. The third-order valence-electron chi connectivity index (χ3n) is 3.72. The number of benzene rings is 1. The van der Waals surface area contributed by atoms with Gasteiger partial charge in [0.2, 0.25) is 11.8 Å². The number of rotatable bonds is 3. The summed E-state index contributed by atoms with van der Waals surface area (Å²) in [6.07, 6.45) is 0. The van der Waals surface area contributed by atoms with Gasteiger partial charge in [0.15, 0.2) is 0 Å². The largest absolute Gasteiger partial charge is 0.481 e. The van der Waals surface area contributed by atoms with Gasteiger partial charge in [0.25, 0.3) is 0 Å². The van der Waals surface area contributed by atoms with Crippen molar-refractivity contribution >= 4 is 35.2 Å². The summed E-state index contributed by atoms with van der Waals surface area (Å²) in [4.78, 5) is 38.3. The van der Waals surface area contributed by atoms with E-state index in [1.165, 1.54) is 21.6 Å². The maximum atomic E-state index is 12.4. The molecule has 1 saturated heterocycles. The molecule has 6 nitrogen and oxygen atoms in total. The fourth-order valence-electron chi connectivity index (χ4n) is 2.64. The second-order valence-electron chi connectivity index (χ2n) is 5.02. The number of aliphatic carboxylic acids is 1. The summed E-state index contributed by atoms with van der Waals surface area (Å²) in [6.45, 7) is 0.134. The maximum Gasteiger partial charge on any atom is 0.312 e. The van der Waals surface area contributed by atoms with Gasteiger partial charge in [-0.25, -0.2) is 0 Å². The van der Waals surface area contributed by atoms with E-state index >= 15 is 0 Å². The highest BCUT2D eigenvalue weighted by Crippen LogP contribution is 2.36. The van der Waals surface area contributed by atoms with Crippen LogP contribution in [0.2, 0.25) is 0 Å². The molecule has 0 saturated carbocycles. The fraction of sp³-hybridized carbons (Fsp3) is 0.357. The van der Waals surface area contributed by atoms with E-state index in [2.05, 4.69) is 0 Å². The summed E-state index contributed by atoms with van der Waals surface area (Å²) < 4.78 is 0. The van der Waals surface area contributed by atoms with Crippen LogP contribution in [0.5, 0.6) is 0 Å². The van der Waals surface area contributed by atoms with Gasteiger partial charge < -0.3 is 14.9 Å². The first-order valence-corrected chi connectivity index (χ1v) is 7.71. The van der Waals surface area contributed by atoms with Gasteiger partial charge in [-0.3, -0.25) is 14.4 Å². The van der Waals surface area contributed by atoms with E-state index in [0.29, 0.717) is 22.9 Å². The number of carbonyl (C=O) groups excluding carboxylic acids is 2. The number of carboxylic acid groups (broad SMARTS) is 1. The average Bonchev–Trinajstić information content (AvgIpc) is 3.03. The monoisotopic (exact) mass is 306 g/mol. The number of anilines is 1. The number of para-hydroxylation sites is 1. The van der Waals surface area contributed by atoms with E-state index in [1.54, 1.807) is 24.3 Å². The summed E-state index contributed by atoms with van der Waals surface area (Å²) >= 11 is 1.48. The van der Waals surface area contributed by atoms with Gasteiger partial charge in [-0.05, 0) is 11.6 Å². The molecule has 1 aromatic rings. The number of hydrogen-bond acceptors (Lipinski definition) is 4. The van der Waals surface area contributed by atoms with Crippen LogP contribution in [0.15, 0.2) is 24.3 Å². The molecule has 1 aromatic carbocycles. The molecule has 2 heterocycles. The van der Waals surface area contributed by atoms with Gasteiger partial charge in [0, 0.05) is 12.2 Å². The summed E-state index contributed by atoms with van der Waals surface area (Å²) in [7, 11) is 0. The van der Waals surface area contributed by atoms with Gasteiger partial charge in [-0.1, -0.05) is 18.2 Å². The minimum Gasteiger partial charge on any atom is -0.481 e. The van der Waals surface area contributed by atoms with Gasteiger partial charge in [-0.2, -0.15) is 0 Å². The van der Waals surface area contributed by atoms with Gasteiger partial charge in [-0.15, -0.1) is 11.8 Å². The molecule has 0 bridgehead atoms. The van der Waals surface area contributed by atoms with Crippen LogP contribution in [-0.4, -0.2) is 52.5 Å². The van der Waals surface area contributed by atoms with Crippen LogP contribution < -0.4 is 4.90 Å². The summed E-state index contributed by atoms with van der Waals surface area (Å²) in [5.41, 5.74) is 1.29. The Bertz CT molecular complexity index is 619. The van der Waals surface area contributed by atoms with Crippen LogP contribution in [0.3, 0.4) is 0 Å². The standard InChI is InChI=1S/C14H14N2O4S/c17-12(6-15-8-21-7-13(15)18)16-5-10(14(19)20)9-3-1-2-4-11(9)16/h1-4,10H,5-8H2,(H,19,20)/t10-/m1/s1. The van der Waals surface area contributed by atoms with Crippen LogP contribution in [0, 0.1) is 0 Å². The van der Waals surface area contributed by atoms with Gasteiger partial charge >= 0.3 is 5.97 Å². The van der Waals surface area contributed by atoms with Crippen molar-refractivity contribution < 1.29 is 19.5 Å². The number of fused-ring (bicyclic) bond motifs is 1. The van der Waals surface area contributed by atoms with Crippen molar-refractivity contribution in [1.82, 2.24) is 4.90 Å². The minimum atomic E-state index is -0.939. The van der Waals surface area contributed by atoms with Crippen molar-refractivity contribution in [1.29, 1.82) is 0 Å². The lowest BCUT2D eigenvalue weighted by atomic mass is 10.0. The molecule has 21 heavy (non-hydrogen) atoms. The van der Waals surface area contributed by atoms with Crippen LogP contribution in [0.1, 0.15) is 11.5 Å². The highest BCUT2D eigenvalue weighted by atomic mass is 32.2. The summed E-state index contributed by atoms with van der Waals surface area (Å²) in [5.74, 6) is -0.999. The Labute approximate surface area is 125 Å². The van der Waals surface area contributed by atoms with Crippen LogP contribution in [-0.2, 0) is 14.4 Å². The van der Waals surface area contributed by atoms with E-state index in [4.69, 9.17) is 0 Å². The first-order chi connectivity index (χ1) is 10.1. The molecule has 2 aliphatic rings. The second kappa shape index (κ2) is 5.40. The Morgan fingerprint density at radius 2 is 2.10 bits per heavy atom. The molecule has 0 aromatic heterocycles. The predicted octanol–water partition coefficient (Wildman–Crippen LogP) is 0.734. The van der Waals surface area contributed by atoms with Crippen molar-refractivity contribution in [2.45, 2.75) is 5.92 Å². The Hall–Kier alpha value is -2.02. The molecule has 2 aliphatic heterocycles. The molecular formula is C14H14N2O4S. The van der Waals surface area contributed by atoms with Crippen molar-refractivity contribution in [2.75, 3.05) is 29.6 Å². The highest BCUT2D eigenvalue weighted by Gasteiger charge is 2.37. The number of thioether (sulfide) groups is 1. The fourth-order valence-corrected chi connectivity index (χ4v) is 3.55. The average molecular weight is 306 g/mol. The molecule has 1 N–H and O–H groups in total. The summed E-state index contributed by atoms with van der Waals surface area (Å²) in [5, 5.41) is 9.28. The Morgan fingerprint density at radius 1 is 1.33 bits per heavy atom. The molecule has 110 valence electrons. The molecular weight excluding hydrogens is 292 g/mol. The van der Waals surface area contributed by atoms with E-state index in [9.17, 15) is 19.5 Å². The Balaban J connectivity index is 1.81. The Kier molecular flexibility index (Phi) is 3.59. The molecule has 3 rings (SSSR count). The summed E-state index contributed by atoms with van der Waals surface area (Å²) in [6, 6.07) is 7.03. The van der Waals surface area contributed by atoms with E-state index in [0.717, 1.165) is 0 Å². The number of nitrogens with zero attached hydrogens (tertiary/aromatic N) is 2. The second-order valence-corrected chi connectivity index (χ2v) is 5.98. The molecule has 2 amide bonds. The van der Waals surface area contributed by atoms with E-state index in [1.807, 2.05) is 0 Å². The first-order valence-electron chi connectivity index (χ1n) is 6.55. The van der Waals surface area contributed by atoms with Gasteiger partial charge in [0.05, 0.1) is 11.6 Å². The molecule has 0 aliphatic carbocycles. The molecule has 0 spiro atoms. The topological polar surface area (TPSA) is 77.9 Å². The Morgan fingerprint density at radius 3 is 2.76 bits per heavy atom. The predicted molar refractivity (Wildman–Crippen MR) is 78.2 cm³/mol. The zero-order chi connectivity index (χ0) is 15.0. The van der Waals surface area contributed by atoms with Crippen molar-refractivity contribution in [3.8, 4) is 0 Å². The molecule has 7 heteroatoms. The maximum absolute atomic E-state index is 12.4. The molecule has 1 atom stereocenters. The highest BCUT2D eigenvalue weighted by molar-refractivity contribution is 8.00. The van der Waals surface area contributed by atoms with Crippen LogP contribution in [0.25, 0.3) is 0 Å². The number of carbonyl (C=O) groups is 3.